The van der Waals surface area contributed by atoms with Crippen LogP contribution in [0.25, 0.3) is 0 Å². The Bertz CT molecular complexity index is 531. The van der Waals surface area contributed by atoms with Crippen LogP contribution in [0, 0.1) is 12.8 Å². The molecule has 1 saturated heterocycles. The quantitative estimate of drug-likeness (QED) is 0.382. The molecule has 0 spiro atoms. The molecule has 1 aliphatic carbocycles. The van der Waals surface area contributed by atoms with Crippen molar-refractivity contribution in [1.29, 1.82) is 0 Å². The second-order valence-electron chi connectivity index (χ2n) is 6.24. The lowest BCUT2D eigenvalue weighted by Gasteiger charge is -2.37. The van der Waals surface area contributed by atoms with Gasteiger partial charge in [-0.3, -0.25) is 4.90 Å². The highest BCUT2D eigenvalue weighted by Crippen LogP contribution is 2.30. The number of piperazine rings is 1. The van der Waals surface area contributed by atoms with Crippen LogP contribution in [0.15, 0.2) is 23.4 Å². The molecule has 1 aromatic carbocycles. The molecule has 2 fully saturated rings. The molecule has 21 heavy (non-hydrogen) atoms. The normalized spacial score (nSPS) is 20.8. The second-order valence-corrected chi connectivity index (χ2v) is 6.24. The predicted octanol–water partition coefficient (Wildman–Crippen LogP) is 1.62. The summed E-state index contributed by atoms with van der Waals surface area (Å²) in [5.41, 5.74) is 8.91. The molecule has 3 N–H and O–H groups in total. The van der Waals surface area contributed by atoms with Gasteiger partial charge in [-0.25, -0.2) is 0 Å². The lowest BCUT2D eigenvalue weighted by molar-refractivity contribution is 0.248. The van der Waals surface area contributed by atoms with Crippen LogP contribution in [0.1, 0.15) is 24.0 Å². The number of benzene rings is 1. The number of oxime groups is 1. The largest absolute Gasteiger partial charge is 0.409 e. The van der Waals surface area contributed by atoms with E-state index in [2.05, 4.69) is 27.9 Å². The van der Waals surface area contributed by atoms with Gasteiger partial charge in [0, 0.05) is 44.0 Å². The van der Waals surface area contributed by atoms with E-state index in [9.17, 15) is 0 Å². The van der Waals surface area contributed by atoms with Crippen molar-refractivity contribution in [2.24, 2.45) is 16.8 Å². The van der Waals surface area contributed by atoms with Crippen molar-refractivity contribution in [3.05, 3.63) is 29.3 Å². The zero-order valence-corrected chi connectivity index (χ0v) is 12.6. The van der Waals surface area contributed by atoms with Gasteiger partial charge < -0.3 is 15.8 Å². The Kier molecular flexibility index (Phi) is 4.01. The molecule has 3 rings (SSSR count). The summed E-state index contributed by atoms with van der Waals surface area (Å²) in [5, 5.41) is 12.1. The summed E-state index contributed by atoms with van der Waals surface area (Å²) in [6.07, 6.45) is 2.82. The van der Waals surface area contributed by atoms with Crippen molar-refractivity contribution in [3.63, 3.8) is 0 Å². The highest BCUT2D eigenvalue weighted by atomic mass is 16.4. The van der Waals surface area contributed by atoms with Crippen LogP contribution in [0.3, 0.4) is 0 Å². The first kappa shape index (κ1) is 14.2. The van der Waals surface area contributed by atoms with Gasteiger partial charge in [-0.15, -0.1) is 0 Å². The number of amidine groups is 1. The monoisotopic (exact) mass is 288 g/mol. The van der Waals surface area contributed by atoms with E-state index in [0.717, 1.165) is 43.3 Å². The summed E-state index contributed by atoms with van der Waals surface area (Å²) in [6, 6.07) is 6.07. The molecular formula is C16H24N4O. The Labute approximate surface area is 126 Å². The molecule has 1 aromatic rings. The first-order valence-corrected chi connectivity index (χ1v) is 7.73. The third kappa shape index (κ3) is 3.29. The molecule has 2 aliphatic rings. The molecule has 5 heteroatoms. The van der Waals surface area contributed by atoms with Gasteiger partial charge in [0.15, 0.2) is 5.84 Å². The van der Waals surface area contributed by atoms with E-state index in [0.29, 0.717) is 0 Å². The van der Waals surface area contributed by atoms with Gasteiger partial charge >= 0.3 is 0 Å². The molecule has 0 amide bonds. The van der Waals surface area contributed by atoms with Crippen molar-refractivity contribution in [2.75, 3.05) is 37.6 Å². The standard InChI is InChI=1S/C16H24N4O/c1-12-2-5-14(16(17)18-21)15(10-12)20-8-6-19(7-9-20)11-13-3-4-13/h2,5,10,13,21H,3-4,6-9,11H2,1H3,(H2,17,18). The zero-order valence-electron chi connectivity index (χ0n) is 12.6. The Morgan fingerprint density at radius 1 is 1.29 bits per heavy atom. The number of rotatable bonds is 4. The van der Waals surface area contributed by atoms with Crippen LogP contribution in [-0.2, 0) is 0 Å². The van der Waals surface area contributed by atoms with E-state index in [1.54, 1.807) is 0 Å². The van der Waals surface area contributed by atoms with Gasteiger partial charge in [0.2, 0.25) is 0 Å². The number of hydrogen-bond acceptors (Lipinski definition) is 4. The molecule has 114 valence electrons. The van der Waals surface area contributed by atoms with E-state index in [-0.39, 0.29) is 5.84 Å². The van der Waals surface area contributed by atoms with Gasteiger partial charge in [0.05, 0.1) is 0 Å². The molecular weight excluding hydrogens is 264 g/mol. The average Bonchev–Trinajstić information content (AvgIpc) is 3.31. The first-order chi connectivity index (χ1) is 10.2. The van der Waals surface area contributed by atoms with E-state index in [1.165, 1.54) is 24.9 Å². The zero-order chi connectivity index (χ0) is 14.8. The summed E-state index contributed by atoms with van der Waals surface area (Å²) < 4.78 is 0. The maximum absolute atomic E-state index is 8.96. The van der Waals surface area contributed by atoms with Crippen LogP contribution in [0.2, 0.25) is 0 Å². The summed E-state index contributed by atoms with van der Waals surface area (Å²) in [5.74, 6) is 1.13. The van der Waals surface area contributed by atoms with Gasteiger partial charge in [-0.1, -0.05) is 11.2 Å². The van der Waals surface area contributed by atoms with Crippen LogP contribution in [-0.4, -0.2) is 48.7 Å². The lowest BCUT2D eigenvalue weighted by Crippen LogP contribution is -2.47. The van der Waals surface area contributed by atoms with Crippen molar-refractivity contribution in [1.82, 2.24) is 4.90 Å². The SMILES string of the molecule is Cc1ccc(C(N)=NO)c(N2CCN(CC3CC3)CC2)c1. The van der Waals surface area contributed by atoms with Gasteiger partial charge in [0.1, 0.15) is 0 Å². The maximum atomic E-state index is 8.96. The Morgan fingerprint density at radius 3 is 2.62 bits per heavy atom. The molecule has 5 nitrogen and oxygen atoms in total. The number of nitrogens with two attached hydrogens (primary N) is 1. The number of anilines is 1. The van der Waals surface area contributed by atoms with Crippen molar-refractivity contribution >= 4 is 11.5 Å². The summed E-state index contributed by atoms with van der Waals surface area (Å²) in [7, 11) is 0. The van der Waals surface area contributed by atoms with Crippen LogP contribution in [0.4, 0.5) is 5.69 Å². The summed E-state index contributed by atoms with van der Waals surface area (Å²) in [4.78, 5) is 4.91. The Morgan fingerprint density at radius 2 is 2.00 bits per heavy atom. The molecule has 0 unspecified atom stereocenters. The van der Waals surface area contributed by atoms with Gasteiger partial charge in [0.25, 0.3) is 0 Å². The molecule has 0 radical (unpaired) electrons. The minimum Gasteiger partial charge on any atom is -0.409 e. The third-order valence-corrected chi connectivity index (χ3v) is 4.46. The smallest absolute Gasteiger partial charge is 0.172 e. The number of nitrogens with zero attached hydrogens (tertiary/aromatic N) is 3. The maximum Gasteiger partial charge on any atom is 0.172 e. The second kappa shape index (κ2) is 5.93. The van der Waals surface area contributed by atoms with Crippen molar-refractivity contribution in [3.8, 4) is 0 Å². The Hall–Kier alpha value is -1.75. The van der Waals surface area contributed by atoms with Crippen LogP contribution in [0.5, 0.6) is 0 Å². The topological polar surface area (TPSA) is 65.1 Å². The minimum atomic E-state index is 0.186. The van der Waals surface area contributed by atoms with E-state index in [1.807, 2.05) is 12.1 Å². The fraction of sp³-hybridized carbons (Fsp3) is 0.562. The number of aryl methyl sites for hydroxylation is 1. The van der Waals surface area contributed by atoms with Crippen LogP contribution < -0.4 is 10.6 Å². The molecule has 1 saturated carbocycles. The highest BCUT2D eigenvalue weighted by molar-refractivity contribution is 6.02. The Balaban J connectivity index is 1.73. The van der Waals surface area contributed by atoms with Gasteiger partial charge in [-0.2, -0.15) is 0 Å². The summed E-state index contributed by atoms with van der Waals surface area (Å²) >= 11 is 0. The molecule has 0 bridgehead atoms. The first-order valence-electron chi connectivity index (χ1n) is 7.73. The van der Waals surface area contributed by atoms with E-state index >= 15 is 0 Å². The van der Waals surface area contributed by atoms with E-state index in [4.69, 9.17) is 10.9 Å². The van der Waals surface area contributed by atoms with Gasteiger partial charge in [-0.05, 0) is 43.4 Å². The predicted molar refractivity (Wildman–Crippen MR) is 85.1 cm³/mol. The highest BCUT2D eigenvalue weighted by Gasteiger charge is 2.27. The van der Waals surface area contributed by atoms with Crippen molar-refractivity contribution < 1.29 is 5.21 Å². The third-order valence-electron chi connectivity index (χ3n) is 4.46. The molecule has 1 heterocycles. The fourth-order valence-corrected chi connectivity index (χ4v) is 3.01. The fourth-order valence-electron chi connectivity index (χ4n) is 3.01. The average molecular weight is 288 g/mol. The number of hydrogen-bond donors (Lipinski definition) is 2. The molecule has 0 atom stereocenters. The van der Waals surface area contributed by atoms with Crippen LogP contribution >= 0.6 is 0 Å². The molecule has 1 aliphatic heterocycles. The lowest BCUT2D eigenvalue weighted by atomic mass is 10.1. The van der Waals surface area contributed by atoms with Crippen molar-refractivity contribution in [2.45, 2.75) is 19.8 Å². The molecule has 0 aromatic heterocycles. The summed E-state index contributed by atoms with van der Waals surface area (Å²) in [6.45, 7) is 7.53. The minimum absolute atomic E-state index is 0.186. The van der Waals surface area contributed by atoms with E-state index < -0.39 is 0 Å².